The van der Waals surface area contributed by atoms with Crippen LogP contribution in [0.5, 0.6) is 0 Å². The predicted octanol–water partition coefficient (Wildman–Crippen LogP) is -0.514. The summed E-state index contributed by atoms with van der Waals surface area (Å²) >= 11 is 0. The molecule has 0 saturated carbocycles. The maximum atomic E-state index is 10.8. The monoisotopic (exact) mass is 243 g/mol. The molecular formula is C9H13N3O3S. The quantitative estimate of drug-likeness (QED) is 0.645. The Morgan fingerprint density at radius 3 is 2.25 bits per heavy atom. The first-order valence-electron chi connectivity index (χ1n) is 4.53. The molecule has 0 fully saturated rings. The fourth-order valence-electron chi connectivity index (χ4n) is 1.09. The molecule has 0 atom stereocenters. The summed E-state index contributed by atoms with van der Waals surface area (Å²) in [4.78, 5) is 10.8. The van der Waals surface area contributed by atoms with Gasteiger partial charge in [0, 0.05) is 17.8 Å². The number of carbonyl (C=O) groups is 1. The Morgan fingerprint density at radius 1 is 1.25 bits per heavy atom. The predicted molar refractivity (Wildman–Crippen MR) is 61.4 cm³/mol. The molecule has 0 aliphatic heterocycles. The molecule has 1 rings (SSSR count). The average molecular weight is 243 g/mol. The largest absolute Gasteiger partial charge is 0.384 e. The molecule has 16 heavy (non-hydrogen) atoms. The van der Waals surface area contributed by atoms with Crippen LogP contribution in [0.1, 0.15) is 10.4 Å². The summed E-state index contributed by atoms with van der Waals surface area (Å²) in [6.07, 6.45) is 0. The molecule has 1 amide bonds. The van der Waals surface area contributed by atoms with Gasteiger partial charge in [0.2, 0.25) is 15.9 Å². The van der Waals surface area contributed by atoms with Gasteiger partial charge in [-0.2, -0.15) is 0 Å². The fourth-order valence-corrected chi connectivity index (χ4v) is 1.48. The highest BCUT2D eigenvalue weighted by Crippen LogP contribution is 2.08. The number of nitrogens with two attached hydrogens (primary N) is 2. The number of hydrogen-bond acceptors (Lipinski definition) is 4. The number of sulfonamides is 1. The maximum Gasteiger partial charge on any atom is 0.248 e. The number of nitrogens with one attached hydrogen (secondary N) is 1. The van der Waals surface area contributed by atoms with E-state index in [9.17, 15) is 13.2 Å². The van der Waals surface area contributed by atoms with E-state index in [0.29, 0.717) is 11.3 Å². The van der Waals surface area contributed by atoms with Crippen LogP contribution in [0, 0.1) is 0 Å². The van der Waals surface area contributed by atoms with Gasteiger partial charge in [-0.15, -0.1) is 0 Å². The summed E-state index contributed by atoms with van der Waals surface area (Å²) in [5, 5.41) is 7.69. The second-order valence-corrected chi connectivity index (χ2v) is 4.97. The topological polar surface area (TPSA) is 115 Å². The molecular weight excluding hydrogens is 230 g/mol. The Morgan fingerprint density at radius 2 is 1.81 bits per heavy atom. The molecule has 0 aromatic heterocycles. The highest BCUT2D eigenvalue weighted by Gasteiger charge is 2.02. The van der Waals surface area contributed by atoms with Gasteiger partial charge in [-0.25, -0.2) is 13.6 Å². The standard InChI is InChI=1S/C9H13N3O3S/c10-9(13)7-1-3-8(4-2-7)12-5-6-16(11,14)15/h1-4,12H,5-6H2,(H2,10,13)(H2,11,14,15). The van der Waals surface area contributed by atoms with Gasteiger partial charge in [0.1, 0.15) is 0 Å². The molecule has 0 saturated heterocycles. The zero-order valence-corrected chi connectivity index (χ0v) is 9.33. The Balaban J connectivity index is 2.53. The van der Waals surface area contributed by atoms with Crippen LogP contribution >= 0.6 is 0 Å². The number of primary sulfonamides is 1. The van der Waals surface area contributed by atoms with Gasteiger partial charge in [0.05, 0.1) is 5.75 Å². The van der Waals surface area contributed by atoms with Crippen LogP contribution in [-0.2, 0) is 10.0 Å². The second kappa shape index (κ2) is 4.95. The van der Waals surface area contributed by atoms with Crippen molar-refractivity contribution >= 4 is 21.6 Å². The number of anilines is 1. The minimum absolute atomic E-state index is 0.148. The van der Waals surface area contributed by atoms with E-state index in [2.05, 4.69) is 5.32 Å². The number of hydrogen-bond donors (Lipinski definition) is 3. The summed E-state index contributed by atoms with van der Waals surface area (Å²) in [5.41, 5.74) is 6.17. The van der Waals surface area contributed by atoms with E-state index >= 15 is 0 Å². The smallest absolute Gasteiger partial charge is 0.248 e. The van der Waals surface area contributed by atoms with Crippen molar-refractivity contribution in [2.45, 2.75) is 0 Å². The summed E-state index contributed by atoms with van der Waals surface area (Å²) in [5.74, 6) is -0.652. The van der Waals surface area contributed by atoms with E-state index in [4.69, 9.17) is 10.9 Å². The minimum Gasteiger partial charge on any atom is -0.384 e. The molecule has 6 nitrogen and oxygen atoms in total. The summed E-state index contributed by atoms with van der Waals surface area (Å²) < 4.78 is 21.3. The van der Waals surface area contributed by atoms with Crippen molar-refractivity contribution in [1.29, 1.82) is 0 Å². The molecule has 5 N–H and O–H groups in total. The van der Waals surface area contributed by atoms with Gasteiger partial charge in [0.15, 0.2) is 0 Å². The van der Waals surface area contributed by atoms with Crippen LogP contribution in [0.4, 0.5) is 5.69 Å². The van der Waals surface area contributed by atoms with Gasteiger partial charge >= 0.3 is 0 Å². The van der Waals surface area contributed by atoms with Crippen LogP contribution in [-0.4, -0.2) is 26.6 Å². The number of primary amides is 1. The molecule has 0 aliphatic carbocycles. The Bertz CT molecular complexity index is 467. The SMILES string of the molecule is NC(=O)c1ccc(NCCS(N)(=O)=O)cc1. The summed E-state index contributed by atoms with van der Waals surface area (Å²) in [6.45, 7) is 0.217. The van der Waals surface area contributed by atoms with Gasteiger partial charge in [0.25, 0.3) is 0 Å². The van der Waals surface area contributed by atoms with Crippen molar-refractivity contribution in [2.75, 3.05) is 17.6 Å². The highest BCUT2D eigenvalue weighted by atomic mass is 32.2. The van der Waals surface area contributed by atoms with Crippen molar-refractivity contribution in [3.63, 3.8) is 0 Å². The van der Waals surface area contributed by atoms with Crippen LogP contribution in [0.3, 0.4) is 0 Å². The third-order valence-electron chi connectivity index (χ3n) is 1.89. The van der Waals surface area contributed by atoms with Crippen molar-refractivity contribution in [3.05, 3.63) is 29.8 Å². The van der Waals surface area contributed by atoms with Crippen LogP contribution in [0.25, 0.3) is 0 Å². The minimum atomic E-state index is -3.45. The molecule has 0 spiro atoms. The van der Waals surface area contributed by atoms with E-state index in [-0.39, 0.29) is 12.3 Å². The maximum absolute atomic E-state index is 10.8. The number of rotatable bonds is 5. The lowest BCUT2D eigenvalue weighted by atomic mass is 10.2. The zero-order valence-electron chi connectivity index (χ0n) is 8.51. The lowest BCUT2D eigenvalue weighted by Gasteiger charge is -2.05. The van der Waals surface area contributed by atoms with Crippen LogP contribution in [0.15, 0.2) is 24.3 Å². The fraction of sp³-hybridized carbons (Fsp3) is 0.222. The molecule has 1 aromatic rings. The average Bonchev–Trinajstić information content (AvgIpc) is 2.16. The molecule has 0 heterocycles. The van der Waals surface area contributed by atoms with E-state index in [1.807, 2.05) is 0 Å². The number of benzene rings is 1. The van der Waals surface area contributed by atoms with Crippen molar-refractivity contribution in [2.24, 2.45) is 10.9 Å². The summed E-state index contributed by atoms with van der Waals surface area (Å²) in [6, 6.07) is 6.40. The third kappa shape index (κ3) is 4.28. The van der Waals surface area contributed by atoms with Gasteiger partial charge in [-0.05, 0) is 24.3 Å². The molecule has 0 unspecified atom stereocenters. The first kappa shape index (κ1) is 12.5. The molecule has 88 valence electrons. The van der Waals surface area contributed by atoms with E-state index in [1.54, 1.807) is 24.3 Å². The Kier molecular flexibility index (Phi) is 3.86. The van der Waals surface area contributed by atoms with Crippen LogP contribution in [0.2, 0.25) is 0 Å². The molecule has 0 radical (unpaired) electrons. The van der Waals surface area contributed by atoms with E-state index in [0.717, 1.165) is 0 Å². The Hall–Kier alpha value is -1.60. The van der Waals surface area contributed by atoms with Crippen LogP contribution < -0.4 is 16.2 Å². The lowest BCUT2D eigenvalue weighted by Crippen LogP contribution is -2.22. The first-order chi connectivity index (χ1) is 7.38. The van der Waals surface area contributed by atoms with Gasteiger partial charge < -0.3 is 11.1 Å². The zero-order chi connectivity index (χ0) is 12.2. The van der Waals surface area contributed by atoms with Crippen molar-refractivity contribution < 1.29 is 13.2 Å². The molecule has 0 aliphatic rings. The molecule has 0 bridgehead atoms. The second-order valence-electron chi connectivity index (χ2n) is 3.24. The third-order valence-corrected chi connectivity index (χ3v) is 2.66. The van der Waals surface area contributed by atoms with Crippen molar-refractivity contribution in [1.82, 2.24) is 0 Å². The molecule has 7 heteroatoms. The number of amides is 1. The first-order valence-corrected chi connectivity index (χ1v) is 6.24. The number of carbonyl (C=O) groups excluding carboxylic acids is 1. The van der Waals surface area contributed by atoms with E-state index in [1.165, 1.54) is 0 Å². The lowest BCUT2D eigenvalue weighted by molar-refractivity contribution is 0.100. The van der Waals surface area contributed by atoms with Gasteiger partial charge in [-0.1, -0.05) is 0 Å². The van der Waals surface area contributed by atoms with Crippen molar-refractivity contribution in [3.8, 4) is 0 Å². The summed E-state index contributed by atoms with van der Waals surface area (Å²) in [7, 11) is -3.45. The van der Waals surface area contributed by atoms with E-state index < -0.39 is 15.9 Å². The van der Waals surface area contributed by atoms with Gasteiger partial charge in [-0.3, -0.25) is 4.79 Å². The normalized spacial score (nSPS) is 11.1. The molecule has 1 aromatic carbocycles. The highest BCUT2D eigenvalue weighted by molar-refractivity contribution is 7.89. The Labute approximate surface area is 93.7 Å².